The van der Waals surface area contributed by atoms with Gasteiger partial charge in [0.25, 0.3) is 0 Å². The highest BCUT2D eigenvalue weighted by Gasteiger charge is 2.11. The maximum atomic E-state index is 11.2. The number of rotatable bonds is 3. The third-order valence-corrected chi connectivity index (χ3v) is 2.95. The first-order chi connectivity index (χ1) is 8.95. The molecule has 0 fully saturated rings. The predicted octanol–water partition coefficient (Wildman–Crippen LogP) is 4.40. The molecule has 0 aromatic heterocycles. The van der Waals surface area contributed by atoms with Gasteiger partial charge in [-0.2, -0.15) is 0 Å². The van der Waals surface area contributed by atoms with E-state index in [-0.39, 0.29) is 5.56 Å². The van der Waals surface area contributed by atoms with E-state index in [0.29, 0.717) is 10.7 Å². The molecule has 0 aliphatic rings. The van der Waals surface area contributed by atoms with Gasteiger partial charge in [0.2, 0.25) is 0 Å². The molecule has 4 heteroatoms. The van der Waals surface area contributed by atoms with Crippen LogP contribution in [0.25, 0.3) is 0 Å². The Labute approximate surface area is 116 Å². The van der Waals surface area contributed by atoms with Gasteiger partial charge < -0.3 is 10.4 Å². The first-order valence-electron chi connectivity index (χ1n) is 5.84. The molecule has 98 valence electrons. The van der Waals surface area contributed by atoms with E-state index in [9.17, 15) is 9.90 Å². The minimum absolute atomic E-state index is 0.159. The van der Waals surface area contributed by atoms with E-state index < -0.39 is 5.97 Å². The number of benzene rings is 2. The van der Waals surface area contributed by atoms with Crippen molar-refractivity contribution in [1.29, 1.82) is 0 Å². The van der Waals surface area contributed by atoms with Gasteiger partial charge in [-0.15, -0.1) is 0 Å². The lowest BCUT2D eigenvalue weighted by atomic mass is 10.1. The number of carbonyl (C=O) groups is 1. The van der Waals surface area contributed by atoms with Crippen molar-refractivity contribution in [3.63, 3.8) is 0 Å². The van der Waals surface area contributed by atoms with Crippen molar-refractivity contribution in [1.82, 2.24) is 0 Å². The van der Waals surface area contributed by atoms with Crippen LogP contribution < -0.4 is 5.32 Å². The van der Waals surface area contributed by atoms with Gasteiger partial charge in [0.05, 0.1) is 11.3 Å². The number of carboxylic acid groups (broad SMARTS) is 1. The fourth-order valence-corrected chi connectivity index (χ4v) is 2.18. The van der Waals surface area contributed by atoms with Crippen molar-refractivity contribution in [3.8, 4) is 0 Å². The molecule has 0 heterocycles. The molecule has 0 bridgehead atoms. The van der Waals surface area contributed by atoms with Gasteiger partial charge >= 0.3 is 5.97 Å². The second-order valence-corrected chi connectivity index (χ2v) is 4.93. The van der Waals surface area contributed by atoms with Crippen molar-refractivity contribution in [2.45, 2.75) is 13.8 Å². The minimum Gasteiger partial charge on any atom is -0.478 e. The lowest BCUT2D eigenvalue weighted by Crippen LogP contribution is -2.03. The highest BCUT2D eigenvalue weighted by molar-refractivity contribution is 6.31. The van der Waals surface area contributed by atoms with Crippen LogP contribution in [0.4, 0.5) is 11.4 Å². The Bertz CT molecular complexity index is 618. The summed E-state index contributed by atoms with van der Waals surface area (Å²) in [5, 5.41) is 12.7. The van der Waals surface area contributed by atoms with Crippen molar-refractivity contribution in [3.05, 3.63) is 58.1 Å². The molecule has 0 aliphatic carbocycles. The molecule has 0 unspecified atom stereocenters. The zero-order valence-corrected chi connectivity index (χ0v) is 11.5. The van der Waals surface area contributed by atoms with Gasteiger partial charge in [-0.3, -0.25) is 0 Å². The third-order valence-electron chi connectivity index (χ3n) is 2.71. The number of aromatic carboxylic acids is 1. The van der Waals surface area contributed by atoms with E-state index in [2.05, 4.69) is 11.4 Å². The summed E-state index contributed by atoms with van der Waals surface area (Å²) < 4.78 is 0. The van der Waals surface area contributed by atoms with E-state index in [1.54, 1.807) is 12.1 Å². The molecule has 0 spiro atoms. The van der Waals surface area contributed by atoms with Gasteiger partial charge in [0.15, 0.2) is 0 Å². The summed E-state index contributed by atoms with van der Waals surface area (Å²) in [6.07, 6.45) is 0. The fraction of sp³-hybridized carbons (Fsp3) is 0.133. The molecular formula is C15H14ClNO2. The van der Waals surface area contributed by atoms with Crippen LogP contribution in [0.1, 0.15) is 21.5 Å². The van der Waals surface area contributed by atoms with Crippen LogP contribution in [-0.2, 0) is 0 Å². The summed E-state index contributed by atoms with van der Waals surface area (Å²) in [7, 11) is 0. The van der Waals surface area contributed by atoms with Crippen molar-refractivity contribution in [2.24, 2.45) is 0 Å². The van der Waals surface area contributed by atoms with Crippen molar-refractivity contribution in [2.75, 3.05) is 5.32 Å². The Morgan fingerprint density at radius 1 is 1.11 bits per heavy atom. The van der Waals surface area contributed by atoms with E-state index >= 15 is 0 Å². The van der Waals surface area contributed by atoms with Crippen LogP contribution in [0.15, 0.2) is 36.4 Å². The zero-order chi connectivity index (χ0) is 14.0. The lowest BCUT2D eigenvalue weighted by Gasteiger charge is -2.11. The first-order valence-corrected chi connectivity index (χ1v) is 6.21. The monoisotopic (exact) mass is 275 g/mol. The number of halogens is 1. The average Bonchev–Trinajstić information content (AvgIpc) is 2.30. The van der Waals surface area contributed by atoms with E-state index in [4.69, 9.17) is 11.6 Å². The van der Waals surface area contributed by atoms with Gasteiger partial charge in [-0.05, 0) is 55.3 Å². The number of carboxylic acids is 1. The van der Waals surface area contributed by atoms with Crippen LogP contribution in [0.3, 0.4) is 0 Å². The summed E-state index contributed by atoms with van der Waals surface area (Å²) in [6, 6.07) is 10.8. The van der Waals surface area contributed by atoms with Crippen LogP contribution >= 0.6 is 11.6 Å². The smallest absolute Gasteiger partial charge is 0.337 e. The summed E-state index contributed by atoms with van der Waals surface area (Å²) in [4.78, 5) is 11.2. The van der Waals surface area contributed by atoms with Crippen molar-refractivity contribution < 1.29 is 9.90 Å². The van der Waals surface area contributed by atoms with Gasteiger partial charge in [0, 0.05) is 10.7 Å². The molecule has 2 aromatic carbocycles. The van der Waals surface area contributed by atoms with E-state index in [0.717, 1.165) is 16.8 Å². The van der Waals surface area contributed by atoms with Crippen LogP contribution in [0, 0.1) is 13.8 Å². The molecule has 0 saturated heterocycles. The molecule has 2 N–H and O–H groups in total. The predicted molar refractivity (Wildman–Crippen MR) is 77.6 cm³/mol. The van der Waals surface area contributed by atoms with Gasteiger partial charge in [0.1, 0.15) is 0 Å². The Kier molecular flexibility index (Phi) is 3.76. The molecule has 19 heavy (non-hydrogen) atoms. The SMILES string of the molecule is Cc1cc(C)cc(Nc2ccc(Cl)cc2C(=O)O)c1. The molecular weight excluding hydrogens is 262 g/mol. The number of anilines is 2. The fourth-order valence-electron chi connectivity index (χ4n) is 2.00. The molecule has 2 rings (SSSR count). The molecule has 3 nitrogen and oxygen atoms in total. The summed E-state index contributed by atoms with van der Waals surface area (Å²) in [6.45, 7) is 4.00. The van der Waals surface area contributed by atoms with E-state index in [1.807, 2.05) is 26.0 Å². The summed E-state index contributed by atoms with van der Waals surface area (Å²) in [5.41, 5.74) is 3.79. The first kappa shape index (κ1) is 13.4. The summed E-state index contributed by atoms with van der Waals surface area (Å²) in [5.74, 6) is -1.01. The maximum Gasteiger partial charge on any atom is 0.337 e. The van der Waals surface area contributed by atoms with Crippen molar-refractivity contribution >= 4 is 28.9 Å². The molecule has 0 atom stereocenters. The van der Waals surface area contributed by atoms with Crippen LogP contribution in [0.5, 0.6) is 0 Å². The molecule has 0 amide bonds. The Morgan fingerprint density at radius 2 is 1.74 bits per heavy atom. The Morgan fingerprint density at radius 3 is 2.32 bits per heavy atom. The number of hydrogen-bond acceptors (Lipinski definition) is 2. The third kappa shape index (κ3) is 3.26. The standard InChI is InChI=1S/C15H14ClNO2/c1-9-5-10(2)7-12(6-9)17-14-4-3-11(16)8-13(14)15(18)19/h3-8,17H,1-2H3,(H,18,19). The summed E-state index contributed by atoms with van der Waals surface area (Å²) >= 11 is 5.82. The number of aryl methyl sites for hydroxylation is 2. The Balaban J connectivity index is 2.40. The molecule has 0 aliphatic heterocycles. The lowest BCUT2D eigenvalue weighted by molar-refractivity contribution is 0.0698. The number of hydrogen-bond donors (Lipinski definition) is 2. The maximum absolute atomic E-state index is 11.2. The second kappa shape index (κ2) is 5.33. The van der Waals surface area contributed by atoms with E-state index in [1.165, 1.54) is 6.07 Å². The average molecular weight is 276 g/mol. The highest BCUT2D eigenvalue weighted by atomic mass is 35.5. The molecule has 0 saturated carbocycles. The minimum atomic E-state index is -1.01. The van der Waals surface area contributed by atoms with Crippen LogP contribution in [0.2, 0.25) is 5.02 Å². The van der Waals surface area contributed by atoms with Gasteiger partial charge in [-0.1, -0.05) is 17.7 Å². The number of nitrogens with one attached hydrogen (secondary N) is 1. The topological polar surface area (TPSA) is 49.3 Å². The molecule has 0 radical (unpaired) electrons. The Hall–Kier alpha value is -2.00. The molecule has 2 aromatic rings. The van der Waals surface area contributed by atoms with Gasteiger partial charge in [-0.25, -0.2) is 4.79 Å². The van der Waals surface area contributed by atoms with Crippen LogP contribution in [-0.4, -0.2) is 11.1 Å². The highest BCUT2D eigenvalue weighted by Crippen LogP contribution is 2.25. The largest absolute Gasteiger partial charge is 0.478 e. The normalized spacial score (nSPS) is 10.3. The zero-order valence-electron chi connectivity index (χ0n) is 10.7. The quantitative estimate of drug-likeness (QED) is 0.873. The second-order valence-electron chi connectivity index (χ2n) is 4.50.